The van der Waals surface area contributed by atoms with E-state index in [9.17, 15) is 9.13 Å². The Balaban J connectivity index is 2.24. The lowest BCUT2D eigenvalue weighted by Crippen LogP contribution is -2.53. The molecule has 28 heavy (non-hydrogen) atoms. The highest BCUT2D eigenvalue weighted by Gasteiger charge is 2.56. The summed E-state index contributed by atoms with van der Waals surface area (Å²) in [6.45, 7) is 12.4. The predicted octanol–water partition coefficient (Wildman–Crippen LogP) is 5.89. The molecule has 3 aliphatic rings. The maximum Gasteiger partial charge on any atom is 0.371 e. The van der Waals surface area contributed by atoms with Crippen molar-refractivity contribution in [2.24, 2.45) is 23.2 Å². The van der Waals surface area contributed by atoms with Gasteiger partial charge in [0.1, 0.15) is 0 Å². The van der Waals surface area contributed by atoms with Crippen LogP contribution < -0.4 is 0 Å². The van der Waals surface area contributed by atoms with Crippen molar-refractivity contribution in [1.29, 1.82) is 0 Å². The topological polar surface area (TPSA) is 80.3 Å². The van der Waals surface area contributed by atoms with E-state index in [1.165, 1.54) is 12.8 Å². The molecule has 0 aliphatic heterocycles. The lowest BCUT2D eigenvalue weighted by Gasteiger charge is -2.60. The molecule has 3 fully saturated rings. The highest BCUT2D eigenvalue weighted by Crippen LogP contribution is 2.71. The van der Waals surface area contributed by atoms with E-state index in [2.05, 4.69) is 13.8 Å². The molecule has 3 aliphatic carbocycles. The highest BCUT2D eigenvalue weighted by atomic mass is 31.2. The summed E-state index contributed by atoms with van der Waals surface area (Å²) in [6, 6.07) is 0. The van der Waals surface area contributed by atoms with Gasteiger partial charge in [0.2, 0.25) is 0 Å². The molecule has 2 bridgehead atoms. The summed E-state index contributed by atoms with van der Waals surface area (Å²) in [5, 5.41) is 0. The van der Waals surface area contributed by atoms with E-state index in [1.807, 2.05) is 0 Å². The summed E-state index contributed by atoms with van der Waals surface area (Å²) in [4.78, 5) is 0. The molecular weight excluding hydrogens is 402 g/mol. The Bertz CT molecular complexity index is 543. The normalized spacial score (nSPS) is 27.0. The third-order valence-electron chi connectivity index (χ3n) is 6.24. The van der Waals surface area contributed by atoms with Gasteiger partial charge in [-0.05, 0) is 70.1 Å². The maximum absolute atomic E-state index is 13.5. The van der Waals surface area contributed by atoms with Crippen molar-refractivity contribution in [2.75, 3.05) is 33.0 Å². The maximum atomic E-state index is 13.5. The standard InChI is InChI=1S/C19H38O7P2/c1-7-23-27(20,24-8-2)18(28(21,25-9-3)26-10-4)22-14-15-11-12-16-13-17(15)19(16,5)6/h15-18H,7-14H2,1-6H3. The number of hydrogen-bond donors (Lipinski definition) is 0. The fourth-order valence-corrected chi connectivity index (χ4v) is 9.60. The van der Waals surface area contributed by atoms with E-state index in [0.717, 1.165) is 12.3 Å². The zero-order chi connectivity index (χ0) is 21.0. The van der Waals surface area contributed by atoms with Crippen molar-refractivity contribution in [2.45, 2.75) is 66.4 Å². The largest absolute Gasteiger partial charge is 0.371 e. The Morgan fingerprint density at radius 1 is 0.857 bits per heavy atom. The number of fused-ring (bicyclic) bond motifs is 2. The minimum Gasteiger partial charge on any atom is -0.355 e. The van der Waals surface area contributed by atoms with E-state index in [4.69, 9.17) is 22.8 Å². The molecule has 0 heterocycles. The van der Waals surface area contributed by atoms with Crippen LogP contribution >= 0.6 is 15.2 Å². The van der Waals surface area contributed by atoms with Crippen molar-refractivity contribution in [3.8, 4) is 0 Å². The molecule has 9 heteroatoms. The lowest BCUT2D eigenvalue weighted by molar-refractivity contribution is -0.124. The second kappa shape index (κ2) is 10.0. The van der Waals surface area contributed by atoms with Crippen molar-refractivity contribution < 1.29 is 32.0 Å². The monoisotopic (exact) mass is 440 g/mol. The molecule has 0 radical (unpaired) electrons. The van der Waals surface area contributed by atoms with Crippen LogP contribution in [0.4, 0.5) is 0 Å². The smallest absolute Gasteiger partial charge is 0.355 e. The average molecular weight is 440 g/mol. The zero-order valence-corrected chi connectivity index (χ0v) is 20.0. The van der Waals surface area contributed by atoms with Crippen molar-refractivity contribution >= 4 is 15.2 Å². The van der Waals surface area contributed by atoms with E-state index in [0.29, 0.717) is 23.9 Å². The third-order valence-corrected chi connectivity index (χ3v) is 11.8. The minimum absolute atomic E-state index is 0.149. The summed E-state index contributed by atoms with van der Waals surface area (Å²) >= 11 is 0. The SMILES string of the molecule is CCOP(=O)(OCC)C(OCC1CCC2CC1C2(C)C)P(=O)(OCC)OCC. The van der Waals surface area contributed by atoms with E-state index in [1.54, 1.807) is 27.7 Å². The van der Waals surface area contributed by atoms with Gasteiger partial charge in [0.05, 0.1) is 33.0 Å². The van der Waals surface area contributed by atoms with Gasteiger partial charge in [-0.3, -0.25) is 9.13 Å². The van der Waals surface area contributed by atoms with Crippen LogP contribution in [0.2, 0.25) is 0 Å². The Hall–Kier alpha value is 0.260. The fourth-order valence-electron chi connectivity index (χ4n) is 4.78. The fraction of sp³-hybridized carbons (Fsp3) is 1.00. The van der Waals surface area contributed by atoms with Crippen LogP contribution in [0.5, 0.6) is 0 Å². The molecule has 0 aromatic rings. The van der Waals surface area contributed by atoms with Gasteiger partial charge in [-0.1, -0.05) is 13.8 Å². The van der Waals surface area contributed by atoms with Crippen LogP contribution in [0.1, 0.15) is 60.8 Å². The molecule has 0 N–H and O–H groups in total. The predicted molar refractivity (Wildman–Crippen MR) is 110 cm³/mol. The molecule has 3 atom stereocenters. The average Bonchev–Trinajstić information content (AvgIpc) is 2.62. The summed E-state index contributed by atoms with van der Waals surface area (Å²) in [7, 11) is -7.71. The zero-order valence-electron chi connectivity index (χ0n) is 18.2. The highest BCUT2D eigenvalue weighted by molar-refractivity contribution is 7.72. The van der Waals surface area contributed by atoms with Gasteiger partial charge in [-0.25, -0.2) is 0 Å². The molecule has 7 nitrogen and oxygen atoms in total. The molecule has 3 rings (SSSR count). The van der Waals surface area contributed by atoms with Gasteiger partial charge in [-0.2, -0.15) is 0 Å². The van der Waals surface area contributed by atoms with Crippen LogP contribution in [-0.2, 0) is 32.0 Å². The molecule has 166 valence electrons. The lowest BCUT2D eigenvalue weighted by atomic mass is 9.46. The molecule has 0 saturated heterocycles. The Morgan fingerprint density at radius 3 is 1.68 bits per heavy atom. The van der Waals surface area contributed by atoms with Crippen LogP contribution in [0.15, 0.2) is 0 Å². The van der Waals surface area contributed by atoms with E-state index < -0.39 is 20.8 Å². The van der Waals surface area contributed by atoms with Crippen molar-refractivity contribution in [3.05, 3.63) is 0 Å². The van der Waals surface area contributed by atoms with Crippen LogP contribution in [0, 0.1) is 23.2 Å². The quantitative estimate of drug-likeness (QED) is 0.330. The van der Waals surface area contributed by atoms with Crippen LogP contribution in [0.3, 0.4) is 0 Å². The molecule has 3 saturated carbocycles. The van der Waals surface area contributed by atoms with Gasteiger partial charge in [-0.15, -0.1) is 0 Å². The number of ether oxygens (including phenoxy) is 1. The first-order chi connectivity index (χ1) is 13.2. The third kappa shape index (κ3) is 4.94. The first-order valence-corrected chi connectivity index (χ1v) is 13.8. The first-order valence-electron chi connectivity index (χ1n) is 10.6. The molecular formula is C19H38O7P2. The number of rotatable bonds is 13. The van der Waals surface area contributed by atoms with Gasteiger partial charge in [0.25, 0.3) is 5.59 Å². The van der Waals surface area contributed by atoms with Crippen LogP contribution in [0.25, 0.3) is 0 Å². The van der Waals surface area contributed by atoms with E-state index in [-0.39, 0.29) is 26.4 Å². The Kier molecular flexibility index (Phi) is 8.80. The molecule has 0 aromatic carbocycles. The second-order valence-electron chi connectivity index (χ2n) is 8.11. The van der Waals surface area contributed by atoms with E-state index >= 15 is 0 Å². The van der Waals surface area contributed by atoms with Crippen molar-refractivity contribution in [3.63, 3.8) is 0 Å². The van der Waals surface area contributed by atoms with Gasteiger partial charge in [0.15, 0.2) is 0 Å². The first kappa shape index (κ1) is 24.5. The minimum atomic E-state index is -3.85. The second-order valence-corrected chi connectivity index (χ2v) is 12.6. The summed E-state index contributed by atoms with van der Waals surface area (Å²) < 4.78 is 54.9. The van der Waals surface area contributed by atoms with Gasteiger partial charge < -0.3 is 22.8 Å². The molecule has 0 aromatic heterocycles. The molecule has 0 spiro atoms. The molecule has 0 amide bonds. The summed E-state index contributed by atoms with van der Waals surface area (Å²) in [5.74, 6) is 1.67. The van der Waals surface area contributed by atoms with Gasteiger partial charge in [0, 0.05) is 0 Å². The Morgan fingerprint density at radius 2 is 1.32 bits per heavy atom. The molecule has 3 unspecified atom stereocenters. The van der Waals surface area contributed by atoms with Crippen molar-refractivity contribution in [1.82, 2.24) is 0 Å². The Labute approximate surface area is 170 Å². The summed E-state index contributed by atoms with van der Waals surface area (Å²) in [5.41, 5.74) is -1.07. The van der Waals surface area contributed by atoms with Gasteiger partial charge >= 0.3 is 15.2 Å². The summed E-state index contributed by atoms with van der Waals surface area (Å²) in [6.07, 6.45) is 3.44. The number of hydrogen-bond acceptors (Lipinski definition) is 7. The van der Waals surface area contributed by atoms with Crippen LogP contribution in [-0.4, -0.2) is 38.6 Å².